The van der Waals surface area contributed by atoms with Crippen molar-refractivity contribution in [2.45, 2.75) is 10.6 Å². The minimum Gasteiger partial charge on any atom is -0.493 e. The number of rotatable bonds is 5. The molecule has 150 valence electrons. The van der Waals surface area contributed by atoms with Crippen LogP contribution in [0.1, 0.15) is 15.9 Å². The first-order valence-corrected chi connectivity index (χ1v) is 10.6. The van der Waals surface area contributed by atoms with E-state index in [2.05, 4.69) is 10.2 Å². The summed E-state index contributed by atoms with van der Waals surface area (Å²) in [7, 11) is 1.74. The zero-order valence-corrected chi connectivity index (χ0v) is 17.7. The molecule has 1 aromatic heterocycles. The third-order valence-corrected chi connectivity index (χ3v) is 6.05. The summed E-state index contributed by atoms with van der Waals surface area (Å²) in [6.07, 6.45) is 0. The Bertz CT molecular complexity index is 1230. The fraction of sp³-hybridized carbons (Fsp3) is 0.0870. The normalized spacial score (nSPS) is 11.4. The molecule has 30 heavy (non-hydrogen) atoms. The second-order valence-corrected chi connectivity index (χ2v) is 8.18. The molecule has 0 fully saturated rings. The summed E-state index contributed by atoms with van der Waals surface area (Å²) in [5.74, 6) is 0.295. The number of aromatic hydroxyl groups is 1. The van der Waals surface area contributed by atoms with Crippen LogP contribution in [0.3, 0.4) is 0 Å². The number of hydrogen-bond donors (Lipinski definition) is 1. The number of carbonyl (C=O) groups is 1. The summed E-state index contributed by atoms with van der Waals surface area (Å²) < 4.78 is 1.61. The molecule has 1 amide bonds. The molecule has 0 aliphatic heterocycles. The predicted molar refractivity (Wildman–Crippen MR) is 121 cm³/mol. The molecule has 0 radical (unpaired) electrons. The van der Waals surface area contributed by atoms with Crippen molar-refractivity contribution in [2.75, 3.05) is 0 Å². The van der Waals surface area contributed by atoms with Gasteiger partial charge < -0.3 is 9.67 Å². The van der Waals surface area contributed by atoms with Crippen LogP contribution in [0.15, 0.2) is 87.9 Å². The maximum absolute atomic E-state index is 12.4. The van der Waals surface area contributed by atoms with Crippen LogP contribution in [0.4, 0.5) is 5.69 Å². The Balaban J connectivity index is 1.45. The van der Waals surface area contributed by atoms with E-state index in [0.29, 0.717) is 10.6 Å². The highest BCUT2D eigenvalue weighted by molar-refractivity contribution is 7.98. The molecule has 7 heteroatoms. The molecule has 4 aromatic rings. The monoisotopic (exact) mass is 435 g/mol. The van der Waals surface area contributed by atoms with Crippen LogP contribution in [0, 0.1) is 0 Å². The lowest BCUT2D eigenvalue weighted by Crippen LogP contribution is -1.94. The van der Waals surface area contributed by atoms with Crippen molar-refractivity contribution in [2.24, 2.45) is 17.3 Å². The summed E-state index contributed by atoms with van der Waals surface area (Å²) in [6.45, 7) is 0. The topological polar surface area (TPSA) is 66.9 Å². The number of halogens is 1. The van der Waals surface area contributed by atoms with Crippen LogP contribution < -0.4 is 0 Å². The Morgan fingerprint density at radius 1 is 1.03 bits per heavy atom. The van der Waals surface area contributed by atoms with Crippen molar-refractivity contribution in [3.63, 3.8) is 0 Å². The largest absolute Gasteiger partial charge is 0.493 e. The van der Waals surface area contributed by atoms with E-state index in [0.717, 1.165) is 27.1 Å². The Morgan fingerprint density at radius 2 is 1.73 bits per heavy atom. The van der Waals surface area contributed by atoms with E-state index in [1.165, 1.54) is 0 Å². The zero-order chi connectivity index (χ0) is 21.1. The summed E-state index contributed by atoms with van der Waals surface area (Å²) in [5.41, 5.74) is 2.64. The van der Waals surface area contributed by atoms with Crippen LogP contribution in [-0.4, -0.2) is 15.6 Å². The molecular formula is C23H18ClN3O2S. The van der Waals surface area contributed by atoms with Crippen molar-refractivity contribution in [1.82, 2.24) is 4.57 Å². The van der Waals surface area contributed by atoms with Crippen molar-refractivity contribution < 1.29 is 9.90 Å². The van der Waals surface area contributed by atoms with Gasteiger partial charge in [0.1, 0.15) is 0 Å². The van der Waals surface area contributed by atoms with Gasteiger partial charge in [0.25, 0.3) is 5.91 Å². The molecule has 0 bridgehead atoms. The molecule has 5 nitrogen and oxygen atoms in total. The highest BCUT2D eigenvalue weighted by Crippen LogP contribution is 2.37. The Hall–Kier alpha value is -3.09. The van der Waals surface area contributed by atoms with Crippen molar-refractivity contribution in [1.29, 1.82) is 0 Å². The van der Waals surface area contributed by atoms with Gasteiger partial charge in [-0.05, 0) is 48.0 Å². The molecule has 0 unspecified atom stereocenters. The minimum atomic E-state index is -0.459. The van der Waals surface area contributed by atoms with E-state index in [1.807, 2.05) is 60.7 Å². The fourth-order valence-electron chi connectivity index (χ4n) is 3.05. The SMILES string of the molecule is Cn1c(O)c(N=NC(=O)c2ccc(CSc3ccc(Cl)cc3)cc2)c2ccccc21. The first-order valence-electron chi connectivity index (χ1n) is 9.22. The third kappa shape index (κ3) is 4.25. The number of para-hydroxylation sites is 1. The van der Waals surface area contributed by atoms with Crippen molar-refractivity contribution in [3.05, 3.63) is 88.9 Å². The van der Waals surface area contributed by atoms with Gasteiger partial charge in [-0.25, -0.2) is 0 Å². The number of azo groups is 1. The third-order valence-electron chi connectivity index (χ3n) is 4.71. The number of fused-ring (bicyclic) bond motifs is 1. The second-order valence-electron chi connectivity index (χ2n) is 6.69. The van der Waals surface area contributed by atoms with Gasteiger partial charge in [-0.3, -0.25) is 4.79 Å². The molecule has 1 heterocycles. The maximum Gasteiger partial charge on any atom is 0.295 e. The van der Waals surface area contributed by atoms with Crippen LogP contribution in [0.2, 0.25) is 5.02 Å². The van der Waals surface area contributed by atoms with E-state index in [9.17, 15) is 9.90 Å². The number of nitrogens with zero attached hydrogens (tertiary/aromatic N) is 3. The molecule has 4 rings (SSSR count). The lowest BCUT2D eigenvalue weighted by Gasteiger charge is -2.03. The maximum atomic E-state index is 12.4. The van der Waals surface area contributed by atoms with E-state index >= 15 is 0 Å². The van der Waals surface area contributed by atoms with E-state index in [-0.39, 0.29) is 11.6 Å². The standard InChI is InChI=1S/C23H18ClN3O2S/c1-27-20-5-3-2-4-19(20)21(23(27)29)25-26-22(28)16-8-6-15(7-9-16)14-30-18-12-10-17(24)11-13-18/h2-13,29H,14H2,1H3. The van der Waals surface area contributed by atoms with Crippen LogP contribution >= 0.6 is 23.4 Å². The van der Waals surface area contributed by atoms with Crippen LogP contribution in [-0.2, 0) is 12.8 Å². The quantitative estimate of drug-likeness (QED) is 0.278. The molecule has 0 aliphatic rings. The molecule has 0 atom stereocenters. The van der Waals surface area contributed by atoms with Gasteiger partial charge >= 0.3 is 0 Å². The number of thioether (sulfide) groups is 1. The lowest BCUT2D eigenvalue weighted by molar-refractivity contribution is 0.0995. The summed E-state index contributed by atoms with van der Waals surface area (Å²) in [6, 6.07) is 22.4. The molecule has 0 saturated heterocycles. The lowest BCUT2D eigenvalue weighted by atomic mass is 10.1. The van der Waals surface area contributed by atoms with Gasteiger partial charge in [0.05, 0.1) is 5.52 Å². The summed E-state index contributed by atoms with van der Waals surface area (Å²) >= 11 is 7.60. The summed E-state index contributed by atoms with van der Waals surface area (Å²) in [5, 5.41) is 19.6. The first-order chi connectivity index (χ1) is 14.5. The van der Waals surface area contributed by atoms with Gasteiger partial charge in [-0.1, -0.05) is 41.9 Å². The number of hydrogen-bond acceptors (Lipinski definition) is 4. The highest BCUT2D eigenvalue weighted by atomic mass is 35.5. The van der Waals surface area contributed by atoms with Gasteiger partial charge in [-0.2, -0.15) is 0 Å². The van der Waals surface area contributed by atoms with Crippen molar-refractivity contribution >= 4 is 45.9 Å². The molecule has 0 aliphatic carbocycles. The number of carbonyl (C=O) groups excluding carboxylic acids is 1. The average Bonchev–Trinajstić information content (AvgIpc) is 3.02. The summed E-state index contributed by atoms with van der Waals surface area (Å²) in [4.78, 5) is 13.6. The van der Waals surface area contributed by atoms with Gasteiger partial charge in [0, 0.05) is 33.7 Å². The van der Waals surface area contributed by atoms with E-state index in [4.69, 9.17) is 11.6 Å². The molecule has 1 N–H and O–H groups in total. The Labute approximate surface area is 183 Å². The molecule has 3 aromatic carbocycles. The number of amides is 1. The van der Waals surface area contributed by atoms with Crippen molar-refractivity contribution in [3.8, 4) is 5.88 Å². The minimum absolute atomic E-state index is 0.0256. The highest BCUT2D eigenvalue weighted by Gasteiger charge is 2.14. The van der Waals surface area contributed by atoms with E-state index in [1.54, 1.807) is 35.5 Å². The second kappa shape index (κ2) is 8.73. The predicted octanol–water partition coefficient (Wildman–Crippen LogP) is 6.75. The smallest absolute Gasteiger partial charge is 0.295 e. The zero-order valence-electron chi connectivity index (χ0n) is 16.1. The van der Waals surface area contributed by atoms with Gasteiger partial charge in [-0.15, -0.1) is 22.0 Å². The van der Waals surface area contributed by atoms with Gasteiger partial charge in [0.15, 0.2) is 5.69 Å². The molecular weight excluding hydrogens is 418 g/mol. The first kappa shape index (κ1) is 20.2. The number of benzene rings is 3. The van der Waals surface area contributed by atoms with Gasteiger partial charge in [0.2, 0.25) is 5.88 Å². The molecule has 0 saturated carbocycles. The average molecular weight is 436 g/mol. The van der Waals surface area contributed by atoms with E-state index < -0.39 is 5.91 Å². The molecule has 0 spiro atoms. The van der Waals surface area contributed by atoms with Crippen LogP contribution in [0.5, 0.6) is 5.88 Å². The van der Waals surface area contributed by atoms with Crippen LogP contribution in [0.25, 0.3) is 10.9 Å². The number of aromatic nitrogens is 1. The Kier molecular flexibility index (Phi) is 5.88. The fourth-order valence-corrected chi connectivity index (χ4v) is 4.03. The Morgan fingerprint density at radius 3 is 2.47 bits per heavy atom. The number of aryl methyl sites for hydroxylation is 1.